The van der Waals surface area contributed by atoms with Crippen LogP contribution in [0.15, 0.2) is 35.2 Å². The van der Waals surface area contributed by atoms with Gasteiger partial charge in [0.25, 0.3) is 0 Å². The van der Waals surface area contributed by atoms with Crippen LogP contribution in [-0.4, -0.2) is 17.8 Å². The van der Waals surface area contributed by atoms with Crippen molar-refractivity contribution in [2.24, 2.45) is 0 Å². The lowest BCUT2D eigenvalue weighted by Crippen LogP contribution is -2.37. The van der Waals surface area contributed by atoms with Crippen LogP contribution in [0.25, 0.3) is 0 Å². The summed E-state index contributed by atoms with van der Waals surface area (Å²) < 4.78 is 0. The van der Waals surface area contributed by atoms with E-state index in [1.165, 1.54) is 17.7 Å². The van der Waals surface area contributed by atoms with Gasteiger partial charge in [-0.15, -0.1) is 11.8 Å². The van der Waals surface area contributed by atoms with Crippen LogP contribution >= 0.6 is 11.8 Å². The first-order chi connectivity index (χ1) is 7.76. The Morgan fingerprint density at radius 2 is 1.81 bits per heavy atom. The Bertz CT molecular complexity index is 273. The predicted octanol–water partition coefficient (Wildman–Crippen LogP) is 3.95. The van der Waals surface area contributed by atoms with Crippen molar-refractivity contribution in [3.63, 3.8) is 0 Å². The molecule has 2 atom stereocenters. The molecule has 16 heavy (non-hydrogen) atoms. The van der Waals surface area contributed by atoms with E-state index >= 15 is 0 Å². The van der Waals surface area contributed by atoms with Crippen LogP contribution in [0.4, 0.5) is 0 Å². The van der Waals surface area contributed by atoms with Gasteiger partial charge in [0.15, 0.2) is 0 Å². The van der Waals surface area contributed by atoms with Gasteiger partial charge < -0.3 is 5.32 Å². The first-order valence-electron chi connectivity index (χ1n) is 6.20. The maximum absolute atomic E-state index is 3.67. The zero-order valence-corrected chi connectivity index (χ0v) is 11.4. The Kier molecular flexibility index (Phi) is 6.58. The Morgan fingerprint density at radius 1 is 1.12 bits per heavy atom. The Hall–Kier alpha value is -0.470. The topological polar surface area (TPSA) is 12.0 Å². The highest BCUT2D eigenvalue weighted by atomic mass is 32.2. The lowest BCUT2D eigenvalue weighted by Gasteiger charge is -2.21. The van der Waals surface area contributed by atoms with E-state index in [0.717, 1.165) is 5.75 Å². The van der Waals surface area contributed by atoms with Crippen LogP contribution in [0.2, 0.25) is 0 Å². The second-order valence-corrected chi connectivity index (χ2v) is 5.30. The lowest BCUT2D eigenvalue weighted by molar-refractivity contribution is 0.453. The SMILES string of the molecule is CCC(C)NC(CC)CSc1ccccc1. The first-order valence-corrected chi connectivity index (χ1v) is 7.18. The van der Waals surface area contributed by atoms with Crippen molar-refractivity contribution >= 4 is 11.8 Å². The first kappa shape index (κ1) is 13.6. The number of hydrogen-bond donors (Lipinski definition) is 1. The van der Waals surface area contributed by atoms with E-state index in [1.807, 2.05) is 11.8 Å². The lowest BCUT2D eigenvalue weighted by atomic mass is 10.2. The molecule has 2 heteroatoms. The maximum Gasteiger partial charge on any atom is 0.0161 e. The Morgan fingerprint density at radius 3 is 2.38 bits per heavy atom. The van der Waals surface area contributed by atoms with Gasteiger partial charge in [-0.1, -0.05) is 32.0 Å². The standard InChI is InChI=1S/C14H23NS/c1-4-12(3)15-13(5-2)11-16-14-9-7-6-8-10-14/h6-10,12-13,15H,4-5,11H2,1-3H3. The molecule has 0 heterocycles. The van der Waals surface area contributed by atoms with Crippen LogP contribution in [0.3, 0.4) is 0 Å². The molecule has 1 aromatic carbocycles. The number of benzene rings is 1. The fourth-order valence-electron chi connectivity index (χ4n) is 1.52. The molecule has 2 unspecified atom stereocenters. The van der Waals surface area contributed by atoms with Gasteiger partial charge in [0.2, 0.25) is 0 Å². The van der Waals surface area contributed by atoms with Crippen molar-refractivity contribution in [2.75, 3.05) is 5.75 Å². The smallest absolute Gasteiger partial charge is 0.0161 e. The third-order valence-electron chi connectivity index (χ3n) is 2.82. The Labute approximate surface area is 104 Å². The molecule has 90 valence electrons. The summed E-state index contributed by atoms with van der Waals surface area (Å²) in [5.41, 5.74) is 0. The molecule has 0 bridgehead atoms. The van der Waals surface area contributed by atoms with Crippen molar-refractivity contribution in [1.82, 2.24) is 5.32 Å². The summed E-state index contributed by atoms with van der Waals surface area (Å²) >= 11 is 1.94. The average Bonchev–Trinajstić information content (AvgIpc) is 2.35. The maximum atomic E-state index is 3.67. The van der Waals surface area contributed by atoms with Gasteiger partial charge >= 0.3 is 0 Å². The van der Waals surface area contributed by atoms with Gasteiger partial charge in [-0.25, -0.2) is 0 Å². The molecule has 0 amide bonds. The normalized spacial score (nSPS) is 14.7. The summed E-state index contributed by atoms with van der Waals surface area (Å²) in [6.07, 6.45) is 2.40. The van der Waals surface area contributed by atoms with Gasteiger partial charge in [-0.2, -0.15) is 0 Å². The molecule has 0 aliphatic heterocycles. The Balaban J connectivity index is 2.34. The zero-order chi connectivity index (χ0) is 11.8. The fraction of sp³-hybridized carbons (Fsp3) is 0.571. The quantitative estimate of drug-likeness (QED) is 0.721. The molecular weight excluding hydrogens is 214 g/mol. The highest BCUT2D eigenvalue weighted by molar-refractivity contribution is 7.99. The summed E-state index contributed by atoms with van der Waals surface area (Å²) in [6.45, 7) is 6.75. The van der Waals surface area contributed by atoms with E-state index in [2.05, 4.69) is 56.4 Å². The van der Waals surface area contributed by atoms with Gasteiger partial charge in [-0.05, 0) is 31.9 Å². The van der Waals surface area contributed by atoms with E-state index in [0.29, 0.717) is 12.1 Å². The fourth-order valence-corrected chi connectivity index (χ4v) is 2.59. The molecule has 1 rings (SSSR count). The van der Waals surface area contributed by atoms with E-state index in [1.54, 1.807) is 0 Å². The van der Waals surface area contributed by atoms with Crippen LogP contribution in [0.1, 0.15) is 33.6 Å². The van der Waals surface area contributed by atoms with Crippen molar-refractivity contribution in [1.29, 1.82) is 0 Å². The molecule has 0 aliphatic carbocycles. The monoisotopic (exact) mass is 237 g/mol. The van der Waals surface area contributed by atoms with Crippen molar-refractivity contribution in [2.45, 2.75) is 50.6 Å². The third-order valence-corrected chi connectivity index (χ3v) is 3.99. The van der Waals surface area contributed by atoms with Crippen LogP contribution < -0.4 is 5.32 Å². The van der Waals surface area contributed by atoms with Crippen LogP contribution in [-0.2, 0) is 0 Å². The largest absolute Gasteiger partial charge is 0.311 e. The molecular formula is C14H23NS. The van der Waals surface area contributed by atoms with E-state index in [-0.39, 0.29) is 0 Å². The van der Waals surface area contributed by atoms with Gasteiger partial charge in [0, 0.05) is 22.7 Å². The third kappa shape index (κ3) is 5.04. The highest BCUT2D eigenvalue weighted by Crippen LogP contribution is 2.18. The zero-order valence-electron chi connectivity index (χ0n) is 10.6. The minimum atomic E-state index is 0.625. The summed E-state index contributed by atoms with van der Waals surface area (Å²) in [6, 6.07) is 11.9. The second kappa shape index (κ2) is 7.75. The highest BCUT2D eigenvalue weighted by Gasteiger charge is 2.09. The number of thioether (sulfide) groups is 1. The molecule has 0 fully saturated rings. The molecule has 0 saturated carbocycles. The predicted molar refractivity (Wildman–Crippen MR) is 74.1 cm³/mol. The van der Waals surface area contributed by atoms with Crippen molar-refractivity contribution in [3.8, 4) is 0 Å². The molecule has 1 nitrogen and oxygen atoms in total. The summed E-state index contributed by atoms with van der Waals surface area (Å²) in [5.74, 6) is 1.16. The van der Waals surface area contributed by atoms with Crippen LogP contribution in [0, 0.1) is 0 Å². The van der Waals surface area contributed by atoms with Crippen molar-refractivity contribution in [3.05, 3.63) is 30.3 Å². The van der Waals surface area contributed by atoms with Crippen molar-refractivity contribution < 1.29 is 0 Å². The second-order valence-electron chi connectivity index (χ2n) is 4.21. The number of hydrogen-bond acceptors (Lipinski definition) is 2. The van der Waals surface area contributed by atoms with E-state index in [4.69, 9.17) is 0 Å². The molecule has 1 N–H and O–H groups in total. The van der Waals surface area contributed by atoms with Crippen LogP contribution in [0.5, 0.6) is 0 Å². The molecule has 0 aliphatic rings. The van der Waals surface area contributed by atoms with E-state index < -0.39 is 0 Å². The molecule has 1 aromatic rings. The average molecular weight is 237 g/mol. The number of nitrogens with one attached hydrogen (secondary N) is 1. The number of rotatable bonds is 7. The molecule has 0 spiro atoms. The van der Waals surface area contributed by atoms with Gasteiger partial charge in [0.1, 0.15) is 0 Å². The summed E-state index contributed by atoms with van der Waals surface area (Å²) in [7, 11) is 0. The molecule has 0 radical (unpaired) electrons. The molecule has 0 aromatic heterocycles. The summed E-state index contributed by atoms with van der Waals surface area (Å²) in [5, 5.41) is 3.67. The minimum absolute atomic E-state index is 0.625. The minimum Gasteiger partial charge on any atom is -0.311 e. The van der Waals surface area contributed by atoms with Gasteiger partial charge in [-0.3, -0.25) is 0 Å². The van der Waals surface area contributed by atoms with E-state index in [9.17, 15) is 0 Å². The summed E-state index contributed by atoms with van der Waals surface area (Å²) in [4.78, 5) is 1.37. The van der Waals surface area contributed by atoms with Gasteiger partial charge in [0.05, 0.1) is 0 Å². The molecule has 0 saturated heterocycles.